The highest BCUT2D eigenvalue weighted by Crippen LogP contribution is 2.31. The molecule has 1 N–H and O–H groups in total. The van der Waals surface area contributed by atoms with E-state index in [0.717, 1.165) is 34.9 Å². The molecule has 5 heteroatoms. The molecular formula is C22H26N2O3. The van der Waals surface area contributed by atoms with E-state index in [4.69, 9.17) is 9.15 Å². The minimum absolute atomic E-state index is 0.0327. The molecule has 1 aliphatic rings. The predicted molar refractivity (Wildman–Crippen MR) is 107 cm³/mol. The molecular weight excluding hydrogens is 340 g/mol. The van der Waals surface area contributed by atoms with Crippen LogP contribution in [0, 0.1) is 0 Å². The maximum absolute atomic E-state index is 12.0. The van der Waals surface area contributed by atoms with Crippen LogP contribution in [0.15, 0.2) is 46.9 Å². The van der Waals surface area contributed by atoms with Crippen LogP contribution in [-0.2, 0) is 4.79 Å². The van der Waals surface area contributed by atoms with Crippen LogP contribution in [0.5, 0.6) is 5.75 Å². The fourth-order valence-electron chi connectivity index (χ4n) is 3.71. The number of rotatable bonds is 7. The Morgan fingerprint density at radius 2 is 1.85 bits per heavy atom. The molecule has 142 valence electrons. The van der Waals surface area contributed by atoms with Crippen molar-refractivity contribution >= 4 is 27.8 Å². The minimum atomic E-state index is -0.0780. The first-order valence-electron chi connectivity index (χ1n) is 9.83. The molecule has 0 radical (unpaired) electrons. The first kappa shape index (κ1) is 17.9. The van der Waals surface area contributed by atoms with Crippen LogP contribution in [-0.4, -0.2) is 43.6 Å². The van der Waals surface area contributed by atoms with E-state index in [1.807, 2.05) is 42.5 Å². The number of carbonyl (C=O) groups excluding carboxylic acids is 1. The second kappa shape index (κ2) is 8.44. The number of piperidine rings is 1. The highest BCUT2D eigenvalue weighted by atomic mass is 16.5. The van der Waals surface area contributed by atoms with Gasteiger partial charge in [0.2, 0.25) is 0 Å². The number of hydrogen-bond acceptors (Lipinski definition) is 4. The summed E-state index contributed by atoms with van der Waals surface area (Å²) in [6.45, 7) is 4.19. The van der Waals surface area contributed by atoms with Crippen LogP contribution < -0.4 is 10.1 Å². The summed E-state index contributed by atoms with van der Waals surface area (Å²) in [6.07, 6.45) is 4.94. The van der Waals surface area contributed by atoms with Gasteiger partial charge in [0.1, 0.15) is 16.9 Å². The first-order chi connectivity index (χ1) is 13.3. The molecule has 1 saturated heterocycles. The van der Waals surface area contributed by atoms with Gasteiger partial charge in [0, 0.05) is 17.3 Å². The van der Waals surface area contributed by atoms with Crippen LogP contribution in [0.4, 0.5) is 0 Å². The number of furan rings is 1. The Labute approximate surface area is 159 Å². The maximum atomic E-state index is 12.0. The predicted octanol–water partition coefficient (Wildman–Crippen LogP) is 3.96. The second-order valence-corrected chi connectivity index (χ2v) is 7.15. The molecule has 3 aromatic rings. The number of ether oxygens (including phenoxy) is 1. The number of para-hydroxylation sites is 1. The summed E-state index contributed by atoms with van der Waals surface area (Å²) in [5.74, 6) is 0.600. The lowest BCUT2D eigenvalue weighted by Gasteiger charge is -2.26. The molecule has 1 fully saturated rings. The molecule has 1 aliphatic heterocycles. The van der Waals surface area contributed by atoms with Gasteiger partial charge in [-0.2, -0.15) is 0 Å². The van der Waals surface area contributed by atoms with Crippen molar-refractivity contribution in [3.63, 3.8) is 0 Å². The van der Waals surface area contributed by atoms with Gasteiger partial charge in [-0.25, -0.2) is 0 Å². The molecule has 4 rings (SSSR count). The lowest BCUT2D eigenvalue weighted by atomic mass is 10.1. The summed E-state index contributed by atoms with van der Waals surface area (Å²) >= 11 is 0. The third-order valence-electron chi connectivity index (χ3n) is 5.14. The highest BCUT2D eigenvalue weighted by molar-refractivity contribution is 6.05. The van der Waals surface area contributed by atoms with E-state index in [0.29, 0.717) is 12.3 Å². The molecule has 0 atom stereocenters. The average molecular weight is 366 g/mol. The smallest absolute Gasteiger partial charge is 0.257 e. The molecule has 5 nitrogen and oxygen atoms in total. The van der Waals surface area contributed by atoms with Gasteiger partial charge in [-0.05, 0) is 63.2 Å². The lowest BCUT2D eigenvalue weighted by Crippen LogP contribution is -2.34. The molecule has 2 aromatic carbocycles. The van der Waals surface area contributed by atoms with Crippen LogP contribution in [0.2, 0.25) is 0 Å². The summed E-state index contributed by atoms with van der Waals surface area (Å²) in [5.41, 5.74) is 1.68. The number of carbonyl (C=O) groups is 1. The number of amides is 1. The summed E-state index contributed by atoms with van der Waals surface area (Å²) in [5, 5.41) is 5.01. The van der Waals surface area contributed by atoms with Crippen LogP contribution in [0.1, 0.15) is 25.7 Å². The maximum Gasteiger partial charge on any atom is 0.257 e. The largest absolute Gasteiger partial charge is 0.484 e. The molecule has 0 unspecified atom stereocenters. The quantitative estimate of drug-likeness (QED) is 0.643. The van der Waals surface area contributed by atoms with E-state index < -0.39 is 0 Å². The van der Waals surface area contributed by atoms with Crippen molar-refractivity contribution in [3.05, 3.63) is 42.5 Å². The Balaban J connectivity index is 1.25. The van der Waals surface area contributed by atoms with Crippen molar-refractivity contribution in [2.45, 2.75) is 25.7 Å². The molecule has 1 aromatic heterocycles. The van der Waals surface area contributed by atoms with Crippen molar-refractivity contribution in [2.24, 2.45) is 0 Å². The zero-order valence-corrected chi connectivity index (χ0v) is 15.6. The second-order valence-electron chi connectivity index (χ2n) is 7.15. The van der Waals surface area contributed by atoms with E-state index >= 15 is 0 Å². The Bertz CT molecular complexity index is 912. The van der Waals surface area contributed by atoms with Crippen molar-refractivity contribution in [1.82, 2.24) is 10.2 Å². The van der Waals surface area contributed by atoms with E-state index in [1.165, 1.54) is 32.4 Å². The van der Waals surface area contributed by atoms with Gasteiger partial charge in [0.25, 0.3) is 5.91 Å². The molecule has 0 bridgehead atoms. The molecule has 1 amide bonds. The fraction of sp³-hybridized carbons (Fsp3) is 0.409. The monoisotopic (exact) mass is 366 g/mol. The molecule has 0 spiro atoms. The summed E-state index contributed by atoms with van der Waals surface area (Å²) in [6, 6.07) is 13.6. The average Bonchev–Trinajstić information content (AvgIpc) is 3.08. The highest BCUT2D eigenvalue weighted by Gasteiger charge is 2.10. The summed E-state index contributed by atoms with van der Waals surface area (Å²) in [7, 11) is 0. The van der Waals surface area contributed by atoms with Crippen LogP contribution in [0.3, 0.4) is 0 Å². The SMILES string of the molecule is O=C(COc1ccc2oc3ccccc3c2c1)NCCCN1CCCCC1. The van der Waals surface area contributed by atoms with Crippen LogP contribution in [0.25, 0.3) is 21.9 Å². The fourth-order valence-corrected chi connectivity index (χ4v) is 3.71. The van der Waals surface area contributed by atoms with E-state index in [9.17, 15) is 4.79 Å². The number of benzene rings is 2. The van der Waals surface area contributed by atoms with Gasteiger partial charge in [0.05, 0.1) is 0 Å². The summed E-state index contributed by atoms with van der Waals surface area (Å²) < 4.78 is 11.5. The van der Waals surface area contributed by atoms with Gasteiger partial charge in [-0.1, -0.05) is 24.6 Å². The number of hydrogen-bond donors (Lipinski definition) is 1. The van der Waals surface area contributed by atoms with E-state index in [1.54, 1.807) is 0 Å². The van der Waals surface area contributed by atoms with Gasteiger partial charge < -0.3 is 19.4 Å². The standard InChI is InChI=1S/C22H26N2O3/c25-22(23-11-6-14-24-12-4-1-5-13-24)16-26-17-9-10-21-19(15-17)18-7-2-3-8-20(18)27-21/h2-3,7-10,15H,1,4-6,11-14,16H2,(H,23,25). The van der Waals surface area contributed by atoms with Gasteiger partial charge >= 0.3 is 0 Å². The number of fused-ring (bicyclic) bond motifs is 3. The van der Waals surface area contributed by atoms with E-state index in [2.05, 4.69) is 10.2 Å². The number of nitrogens with zero attached hydrogens (tertiary/aromatic N) is 1. The molecule has 0 saturated carbocycles. The first-order valence-corrected chi connectivity index (χ1v) is 9.83. The molecule has 0 aliphatic carbocycles. The Kier molecular flexibility index (Phi) is 5.58. The zero-order chi connectivity index (χ0) is 18.5. The van der Waals surface area contributed by atoms with Crippen LogP contribution >= 0.6 is 0 Å². The minimum Gasteiger partial charge on any atom is -0.484 e. The topological polar surface area (TPSA) is 54.7 Å². The zero-order valence-electron chi connectivity index (χ0n) is 15.6. The van der Waals surface area contributed by atoms with Crippen molar-refractivity contribution in [1.29, 1.82) is 0 Å². The third-order valence-corrected chi connectivity index (χ3v) is 5.14. The van der Waals surface area contributed by atoms with Crippen molar-refractivity contribution in [2.75, 3.05) is 32.8 Å². The van der Waals surface area contributed by atoms with E-state index in [-0.39, 0.29) is 12.5 Å². The lowest BCUT2D eigenvalue weighted by molar-refractivity contribution is -0.123. The Hall–Kier alpha value is -2.53. The third kappa shape index (κ3) is 4.42. The van der Waals surface area contributed by atoms with Crippen molar-refractivity contribution in [3.8, 4) is 5.75 Å². The molecule has 2 heterocycles. The Morgan fingerprint density at radius 1 is 1.04 bits per heavy atom. The van der Waals surface area contributed by atoms with Gasteiger partial charge in [0.15, 0.2) is 6.61 Å². The van der Waals surface area contributed by atoms with Gasteiger partial charge in [-0.15, -0.1) is 0 Å². The molecule has 27 heavy (non-hydrogen) atoms. The number of nitrogens with one attached hydrogen (secondary N) is 1. The Morgan fingerprint density at radius 3 is 2.74 bits per heavy atom. The number of likely N-dealkylation sites (tertiary alicyclic amines) is 1. The summed E-state index contributed by atoms with van der Waals surface area (Å²) in [4.78, 5) is 14.5. The normalized spacial score (nSPS) is 15.3. The van der Waals surface area contributed by atoms with Gasteiger partial charge in [-0.3, -0.25) is 4.79 Å². The van der Waals surface area contributed by atoms with Crippen molar-refractivity contribution < 1.29 is 13.9 Å².